The summed E-state index contributed by atoms with van der Waals surface area (Å²) in [5, 5.41) is 7.58. The maximum absolute atomic E-state index is 11.8. The molecule has 1 N–H and O–H groups in total. The van der Waals surface area contributed by atoms with Gasteiger partial charge in [-0.25, -0.2) is 4.68 Å². The highest BCUT2D eigenvalue weighted by molar-refractivity contribution is 5.29. The Labute approximate surface area is 124 Å². The van der Waals surface area contributed by atoms with E-state index in [1.54, 1.807) is 19.4 Å². The minimum absolute atomic E-state index is 0.0449. The fraction of sp³-hybridized carbons (Fsp3) is 0.375. The second-order valence-electron chi connectivity index (χ2n) is 4.82. The molecule has 0 saturated heterocycles. The molecule has 0 amide bonds. The third kappa shape index (κ3) is 4.16. The first kappa shape index (κ1) is 15.3. The van der Waals surface area contributed by atoms with E-state index in [-0.39, 0.29) is 11.6 Å². The Morgan fingerprint density at radius 2 is 2.05 bits per heavy atom. The van der Waals surface area contributed by atoms with Gasteiger partial charge >= 0.3 is 0 Å². The van der Waals surface area contributed by atoms with Crippen molar-refractivity contribution in [2.75, 3.05) is 13.7 Å². The highest BCUT2D eigenvalue weighted by atomic mass is 16.5. The average Bonchev–Trinajstić information content (AvgIpc) is 2.53. The normalized spacial score (nSPS) is 12.1. The van der Waals surface area contributed by atoms with Crippen LogP contribution in [0.1, 0.15) is 24.9 Å². The van der Waals surface area contributed by atoms with Gasteiger partial charge in [0, 0.05) is 12.3 Å². The van der Waals surface area contributed by atoms with Crippen LogP contribution in [0.15, 0.2) is 47.4 Å². The summed E-state index contributed by atoms with van der Waals surface area (Å²) in [6, 6.07) is 11.1. The zero-order valence-corrected chi connectivity index (χ0v) is 12.5. The lowest BCUT2D eigenvalue weighted by molar-refractivity contribution is 0.411. The predicted molar refractivity (Wildman–Crippen MR) is 82.5 cm³/mol. The first-order valence-corrected chi connectivity index (χ1v) is 7.14. The lowest BCUT2D eigenvalue weighted by atomic mass is 10.1. The summed E-state index contributed by atoms with van der Waals surface area (Å²) in [4.78, 5) is 11.8. The van der Waals surface area contributed by atoms with E-state index < -0.39 is 0 Å². The van der Waals surface area contributed by atoms with Crippen molar-refractivity contribution < 1.29 is 4.74 Å². The van der Waals surface area contributed by atoms with Crippen molar-refractivity contribution in [1.82, 2.24) is 15.1 Å². The Bertz CT molecular complexity index is 607. The zero-order valence-electron chi connectivity index (χ0n) is 12.5. The maximum atomic E-state index is 11.8. The molecule has 5 heteroatoms. The molecule has 0 spiro atoms. The minimum Gasteiger partial charge on any atom is -0.497 e. The average molecular weight is 287 g/mol. The molecular formula is C16H21N3O2. The number of hydrogen-bond donors (Lipinski definition) is 1. The molecule has 0 bridgehead atoms. The largest absolute Gasteiger partial charge is 0.497 e. The molecule has 1 heterocycles. The molecule has 5 nitrogen and oxygen atoms in total. The first-order valence-electron chi connectivity index (χ1n) is 7.14. The summed E-state index contributed by atoms with van der Waals surface area (Å²) >= 11 is 0. The molecule has 1 aromatic heterocycles. The number of benzene rings is 1. The van der Waals surface area contributed by atoms with Gasteiger partial charge < -0.3 is 10.1 Å². The second kappa shape index (κ2) is 7.59. The van der Waals surface area contributed by atoms with Gasteiger partial charge in [0.1, 0.15) is 5.75 Å². The highest BCUT2D eigenvalue weighted by Gasteiger charge is 2.12. The Hall–Kier alpha value is -2.14. The quantitative estimate of drug-likeness (QED) is 0.846. The number of hydrogen-bond acceptors (Lipinski definition) is 4. The second-order valence-corrected chi connectivity index (χ2v) is 4.82. The van der Waals surface area contributed by atoms with Crippen LogP contribution in [0, 0.1) is 0 Å². The molecule has 1 aromatic carbocycles. The van der Waals surface area contributed by atoms with Gasteiger partial charge in [-0.15, -0.1) is 0 Å². The number of methoxy groups -OCH3 is 1. The monoisotopic (exact) mass is 287 g/mol. The van der Waals surface area contributed by atoms with Crippen molar-refractivity contribution in [3.63, 3.8) is 0 Å². The maximum Gasteiger partial charge on any atom is 0.266 e. The number of ether oxygens (including phenoxy) is 1. The lowest BCUT2D eigenvalue weighted by Crippen LogP contribution is -2.31. The van der Waals surface area contributed by atoms with Crippen molar-refractivity contribution in [2.45, 2.75) is 25.9 Å². The van der Waals surface area contributed by atoms with Crippen molar-refractivity contribution in [1.29, 1.82) is 0 Å². The third-order valence-corrected chi connectivity index (χ3v) is 3.30. The van der Waals surface area contributed by atoms with Gasteiger partial charge in [0.25, 0.3) is 5.56 Å². The van der Waals surface area contributed by atoms with Gasteiger partial charge in [-0.3, -0.25) is 4.79 Å². The summed E-state index contributed by atoms with van der Waals surface area (Å²) in [7, 11) is 1.65. The van der Waals surface area contributed by atoms with Crippen LogP contribution in [-0.2, 0) is 6.54 Å². The Morgan fingerprint density at radius 1 is 1.29 bits per heavy atom. The summed E-state index contributed by atoms with van der Waals surface area (Å²) in [6.07, 6.45) is 2.66. The van der Waals surface area contributed by atoms with Crippen molar-refractivity contribution >= 4 is 0 Å². The van der Waals surface area contributed by atoms with Crippen molar-refractivity contribution in [3.8, 4) is 5.75 Å². The fourth-order valence-electron chi connectivity index (χ4n) is 2.14. The molecule has 1 unspecified atom stereocenters. The van der Waals surface area contributed by atoms with E-state index in [1.807, 2.05) is 24.3 Å². The number of aromatic nitrogens is 2. The standard InChI is InChI=1S/C16H21N3O2/c1-3-10-17-15(12-19-16(20)5-4-11-18-19)13-6-8-14(21-2)9-7-13/h4-9,11,15,17H,3,10,12H2,1-2H3. The molecule has 2 aromatic rings. The molecule has 0 saturated carbocycles. The van der Waals surface area contributed by atoms with E-state index in [2.05, 4.69) is 17.3 Å². The highest BCUT2D eigenvalue weighted by Crippen LogP contribution is 2.18. The van der Waals surface area contributed by atoms with E-state index in [0.717, 1.165) is 24.3 Å². The molecule has 112 valence electrons. The Morgan fingerprint density at radius 3 is 2.67 bits per heavy atom. The van der Waals surface area contributed by atoms with E-state index in [4.69, 9.17) is 4.74 Å². The number of nitrogens with one attached hydrogen (secondary N) is 1. The Balaban J connectivity index is 2.20. The SMILES string of the molecule is CCCNC(Cn1ncccc1=O)c1ccc(OC)cc1. The minimum atomic E-state index is -0.0886. The molecule has 0 aliphatic carbocycles. The summed E-state index contributed by atoms with van der Waals surface area (Å²) < 4.78 is 6.66. The summed E-state index contributed by atoms with van der Waals surface area (Å²) in [5.41, 5.74) is 1.02. The molecule has 0 radical (unpaired) electrons. The smallest absolute Gasteiger partial charge is 0.266 e. The summed E-state index contributed by atoms with van der Waals surface area (Å²) in [6.45, 7) is 3.51. The van der Waals surface area contributed by atoms with Gasteiger partial charge in [0.15, 0.2) is 0 Å². The summed E-state index contributed by atoms with van der Waals surface area (Å²) in [5.74, 6) is 0.822. The topological polar surface area (TPSA) is 56.2 Å². The van der Waals surface area contributed by atoms with Crippen molar-refractivity contribution in [3.05, 3.63) is 58.5 Å². The van der Waals surface area contributed by atoms with Crippen LogP contribution in [0.2, 0.25) is 0 Å². The third-order valence-electron chi connectivity index (χ3n) is 3.30. The molecule has 21 heavy (non-hydrogen) atoms. The van der Waals surface area contributed by atoms with Crippen LogP contribution >= 0.6 is 0 Å². The van der Waals surface area contributed by atoms with Crippen LogP contribution in [0.25, 0.3) is 0 Å². The van der Waals surface area contributed by atoms with Gasteiger partial charge in [0.05, 0.1) is 19.7 Å². The van der Waals surface area contributed by atoms with Crippen LogP contribution in [-0.4, -0.2) is 23.4 Å². The van der Waals surface area contributed by atoms with Crippen molar-refractivity contribution in [2.24, 2.45) is 0 Å². The van der Waals surface area contributed by atoms with E-state index in [1.165, 1.54) is 10.7 Å². The van der Waals surface area contributed by atoms with E-state index in [0.29, 0.717) is 6.54 Å². The van der Waals surface area contributed by atoms with E-state index >= 15 is 0 Å². The van der Waals surface area contributed by atoms with Gasteiger partial charge in [-0.05, 0) is 36.7 Å². The molecule has 0 fully saturated rings. The first-order chi connectivity index (χ1) is 10.2. The van der Waals surface area contributed by atoms with Gasteiger partial charge in [-0.1, -0.05) is 19.1 Å². The molecular weight excluding hydrogens is 266 g/mol. The van der Waals surface area contributed by atoms with Crippen LogP contribution in [0.4, 0.5) is 0 Å². The molecule has 1 atom stereocenters. The van der Waals surface area contributed by atoms with Gasteiger partial charge in [-0.2, -0.15) is 5.10 Å². The zero-order chi connectivity index (χ0) is 15.1. The number of nitrogens with zero attached hydrogens (tertiary/aromatic N) is 2. The fourth-order valence-corrected chi connectivity index (χ4v) is 2.14. The van der Waals surface area contributed by atoms with E-state index in [9.17, 15) is 4.79 Å². The molecule has 0 aliphatic rings. The Kier molecular flexibility index (Phi) is 5.51. The van der Waals surface area contributed by atoms with Crippen LogP contribution < -0.4 is 15.6 Å². The van der Waals surface area contributed by atoms with Gasteiger partial charge in [0.2, 0.25) is 0 Å². The lowest BCUT2D eigenvalue weighted by Gasteiger charge is -2.19. The van der Waals surface area contributed by atoms with Crippen LogP contribution in [0.5, 0.6) is 5.75 Å². The van der Waals surface area contributed by atoms with Crippen LogP contribution in [0.3, 0.4) is 0 Å². The molecule has 2 rings (SSSR count). The molecule has 0 aliphatic heterocycles. The number of rotatable bonds is 7. The predicted octanol–water partition coefficient (Wildman–Crippen LogP) is 1.99.